The van der Waals surface area contributed by atoms with Crippen LogP contribution >= 0.6 is 22.9 Å². The zero-order valence-corrected chi connectivity index (χ0v) is 8.43. The summed E-state index contributed by atoms with van der Waals surface area (Å²) in [6, 6.07) is 3.39. The SMILES string of the molecule is Nc1cc2ccsc2c(Cl)c1[N+](=O)[O-]. The molecule has 2 aromatic rings. The van der Waals surface area contributed by atoms with Gasteiger partial charge in [-0.1, -0.05) is 11.6 Å². The molecule has 1 heterocycles. The Balaban J connectivity index is 2.89. The molecule has 0 spiro atoms. The van der Waals surface area contributed by atoms with E-state index >= 15 is 0 Å². The van der Waals surface area contributed by atoms with E-state index in [0.717, 1.165) is 5.39 Å². The first-order valence-electron chi connectivity index (χ1n) is 3.71. The lowest BCUT2D eigenvalue weighted by Gasteiger charge is -2.00. The third-order valence-electron chi connectivity index (χ3n) is 1.87. The zero-order chi connectivity index (χ0) is 10.3. The zero-order valence-electron chi connectivity index (χ0n) is 6.86. The molecule has 2 N–H and O–H groups in total. The van der Waals surface area contributed by atoms with Crippen LogP contribution in [0.3, 0.4) is 0 Å². The van der Waals surface area contributed by atoms with Gasteiger partial charge >= 0.3 is 5.69 Å². The van der Waals surface area contributed by atoms with Crippen molar-refractivity contribution in [2.75, 3.05) is 5.73 Å². The van der Waals surface area contributed by atoms with Crippen LogP contribution in [0.15, 0.2) is 17.5 Å². The number of halogens is 1. The molecule has 0 atom stereocenters. The van der Waals surface area contributed by atoms with Gasteiger partial charge in [0, 0.05) is 0 Å². The van der Waals surface area contributed by atoms with Gasteiger partial charge in [-0.2, -0.15) is 0 Å². The second-order valence-electron chi connectivity index (χ2n) is 2.72. The lowest BCUT2D eigenvalue weighted by atomic mass is 10.2. The van der Waals surface area contributed by atoms with Gasteiger partial charge in [0.1, 0.15) is 10.7 Å². The summed E-state index contributed by atoms with van der Waals surface area (Å²) in [5.41, 5.74) is 5.42. The summed E-state index contributed by atoms with van der Waals surface area (Å²) in [5.74, 6) is 0. The van der Waals surface area contributed by atoms with Crippen LogP contribution in [0, 0.1) is 10.1 Å². The van der Waals surface area contributed by atoms with E-state index in [-0.39, 0.29) is 16.4 Å². The van der Waals surface area contributed by atoms with Crippen molar-refractivity contribution >= 4 is 44.4 Å². The second kappa shape index (κ2) is 3.11. The highest BCUT2D eigenvalue weighted by molar-refractivity contribution is 7.18. The first-order chi connectivity index (χ1) is 6.61. The molecule has 6 heteroatoms. The van der Waals surface area contributed by atoms with Crippen LogP contribution in [0.1, 0.15) is 0 Å². The molecule has 2 rings (SSSR count). The van der Waals surface area contributed by atoms with Crippen molar-refractivity contribution in [3.63, 3.8) is 0 Å². The van der Waals surface area contributed by atoms with E-state index in [4.69, 9.17) is 17.3 Å². The van der Waals surface area contributed by atoms with E-state index < -0.39 is 4.92 Å². The van der Waals surface area contributed by atoms with Gasteiger partial charge in [0.2, 0.25) is 0 Å². The molecule has 72 valence electrons. The fourth-order valence-corrected chi connectivity index (χ4v) is 2.50. The maximum atomic E-state index is 10.7. The van der Waals surface area contributed by atoms with Gasteiger partial charge in [-0.15, -0.1) is 11.3 Å². The molecule has 0 radical (unpaired) electrons. The summed E-state index contributed by atoms with van der Waals surface area (Å²) in [6.45, 7) is 0. The first kappa shape index (κ1) is 9.23. The van der Waals surface area contributed by atoms with Crippen molar-refractivity contribution in [1.29, 1.82) is 0 Å². The number of nitrogens with zero attached hydrogens (tertiary/aromatic N) is 1. The number of benzene rings is 1. The molecule has 0 amide bonds. The number of nitrogen functional groups attached to an aromatic ring is 1. The molecular formula is C8H5ClN2O2S. The Morgan fingerprint density at radius 1 is 1.57 bits per heavy atom. The number of nitro groups is 1. The molecule has 1 aromatic heterocycles. The Hall–Kier alpha value is -1.33. The molecule has 0 aliphatic heterocycles. The molecule has 0 fully saturated rings. The smallest absolute Gasteiger partial charge is 0.312 e. The number of nitrogens with two attached hydrogens (primary N) is 1. The Morgan fingerprint density at radius 3 is 2.93 bits per heavy atom. The van der Waals surface area contributed by atoms with E-state index in [0.29, 0.717) is 4.70 Å². The van der Waals surface area contributed by atoms with Crippen molar-refractivity contribution in [1.82, 2.24) is 0 Å². The quantitative estimate of drug-likeness (QED) is 0.463. The number of nitro benzene ring substituents is 1. The predicted octanol–water partition coefficient (Wildman–Crippen LogP) is 3.05. The maximum Gasteiger partial charge on any atom is 0.312 e. The summed E-state index contributed by atoms with van der Waals surface area (Å²) in [4.78, 5) is 10.1. The summed E-state index contributed by atoms with van der Waals surface area (Å²) in [5, 5.41) is 13.4. The molecule has 0 saturated heterocycles. The van der Waals surface area contributed by atoms with Crippen molar-refractivity contribution in [2.45, 2.75) is 0 Å². The van der Waals surface area contributed by atoms with Gasteiger partial charge in [-0.3, -0.25) is 10.1 Å². The molecular weight excluding hydrogens is 224 g/mol. The van der Waals surface area contributed by atoms with Crippen LogP contribution in [-0.2, 0) is 0 Å². The van der Waals surface area contributed by atoms with Crippen LogP contribution in [0.5, 0.6) is 0 Å². The van der Waals surface area contributed by atoms with Crippen LogP contribution in [0.25, 0.3) is 10.1 Å². The number of hydrogen-bond acceptors (Lipinski definition) is 4. The Kier molecular flexibility index (Phi) is 2.05. The van der Waals surface area contributed by atoms with E-state index in [2.05, 4.69) is 0 Å². The normalized spacial score (nSPS) is 10.6. The van der Waals surface area contributed by atoms with E-state index in [1.54, 1.807) is 6.07 Å². The lowest BCUT2D eigenvalue weighted by Crippen LogP contribution is -1.96. The molecule has 0 unspecified atom stereocenters. The molecule has 0 saturated carbocycles. The van der Waals surface area contributed by atoms with Gasteiger partial charge in [0.05, 0.1) is 9.62 Å². The average Bonchev–Trinajstić information content (AvgIpc) is 2.50. The van der Waals surface area contributed by atoms with Crippen LogP contribution in [-0.4, -0.2) is 4.92 Å². The number of thiophene rings is 1. The Labute approximate surface area is 88.0 Å². The number of anilines is 1. The molecule has 1 aromatic carbocycles. The molecule has 0 aliphatic rings. The molecule has 4 nitrogen and oxygen atoms in total. The Morgan fingerprint density at radius 2 is 2.29 bits per heavy atom. The minimum absolute atomic E-state index is 0.103. The van der Waals surface area contributed by atoms with E-state index in [1.807, 2.05) is 11.4 Å². The maximum absolute atomic E-state index is 10.7. The largest absolute Gasteiger partial charge is 0.393 e. The van der Waals surface area contributed by atoms with Crippen LogP contribution in [0.4, 0.5) is 11.4 Å². The molecule has 0 bridgehead atoms. The average molecular weight is 229 g/mol. The standard InChI is InChI=1S/C8H5ClN2O2S/c9-6-7(11(12)13)5(10)3-4-1-2-14-8(4)6/h1-3H,10H2. The second-order valence-corrected chi connectivity index (χ2v) is 4.02. The highest BCUT2D eigenvalue weighted by Gasteiger charge is 2.20. The minimum atomic E-state index is -0.559. The van der Waals surface area contributed by atoms with Gasteiger partial charge in [-0.25, -0.2) is 0 Å². The summed E-state index contributed by atoms with van der Waals surface area (Å²) in [7, 11) is 0. The summed E-state index contributed by atoms with van der Waals surface area (Å²) in [6.07, 6.45) is 0. The van der Waals surface area contributed by atoms with Gasteiger partial charge in [0.15, 0.2) is 0 Å². The first-order valence-corrected chi connectivity index (χ1v) is 4.96. The van der Waals surface area contributed by atoms with Gasteiger partial charge in [-0.05, 0) is 22.9 Å². The summed E-state index contributed by atoms with van der Waals surface area (Å²) >= 11 is 7.23. The molecule has 0 aliphatic carbocycles. The number of rotatable bonds is 1. The fraction of sp³-hybridized carbons (Fsp3) is 0. The lowest BCUT2D eigenvalue weighted by molar-refractivity contribution is -0.383. The predicted molar refractivity (Wildman–Crippen MR) is 57.9 cm³/mol. The topological polar surface area (TPSA) is 69.2 Å². The minimum Gasteiger partial charge on any atom is -0.393 e. The van der Waals surface area contributed by atoms with Gasteiger partial charge < -0.3 is 5.73 Å². The van der Waals surface area contributed by atoms with Crippen molar-refractivity contribution in [2.24, 2.45) is 0 Å². The van der Waals surface area contributed by atoms with Crippen molar-refractivity contribution in [3.05, 3.63) is 32.6 Å². The summed E-state index contributed by atoms with van der Waals surface area (Å²) < 4.78 is 0.701. The van der Waals surface area contributed by atoms with Crippen LogP contribution in [0.2, 0.25) is 5.02 Å². The monoisotopic (exact) mass is 228 g/mol. The number of hydrogen-bond donors (Lipinski definition) is 1. The highest BCUT2D eigenvalue weighted by atomic mass is 35.5. The van der Waals surface area contributed by atoms with Crippen molar-refractivity contribution < 1.29 is 4.92 Å². The Bertz CT molecular complexity index is 523. The number of fused-ring (bicyclic) bond motifs is 1. The highest BCUT2D eigenvalue weighted by Crippen LogP contribution is 2.39. The van der Waals surface area contributed by atoms with Crippen LogP contribution < -0.4 is 5.73 Å². The molecule has 14 heavy (non-hydrogen) atoms. The van der Waals surface area contributed by atoms with E-state index in [1.165, 1.54) is 11.3 Å². The van der Waals surface area contributed by atoms with Gasteiger partial charge in [0.25, 0.3) is 0 Å². The fourth-order valence-electron chi connectivity index (χ4n) is 1.27. The third kappa shape index (κ3) is 1.21. The van der Waals surface area contributed by atoms with E-state index in [9.17, 15) is 10.1 Å². The van der Waals surface area contributed by atoms with Crippen molar-refractivity contribution in [3.8, 4) is 0 Å². The third-order valence-corrected chi connectivity index (χ3v) is 3.30.